The van der Waals surface area contributed by atoms with Gasteiger partial charge in [0.2, 0.25) is 0 Å². The summed E-state index contributed by atoms with van der Waals surface area (Å²) in [6, 6.07) is 11.1. The van der Waals surface area contributed by atoms with Crippen molar-refractivity contribution in [2.24, 2.45) is 0 Å². The zero-order valence-corrected chi connectivity index (χ0v) is 13.3. The summed E-state index contributed by atoms with van der Waals surface area (Å²) < 4.78 is 5.18. The van der Waals surface area contributed by atoms with Crippen LogP contribution in [0.15, 0.2) is 42.6 Å². The van der Waals surface area contributed by atoms with E-state index in [1.165, 1.54) is 4.90 Å². The summed E-state index contributed by atoms with van der Waals surface area (Å²) in [4.78, 5) is 29.8. The lowest BCUT2D eigenvalue weighted by molar-refractivity contribution is -0.154. The molecule has 1 amide bonds. The van der Waals surface area contributed by atoms with Crippen LogP contribution in [0.4, 0.5) is 0 Å². The molecule has 0 aliphatic carbocycles. The summed E-state index contributed by atoms with van der Waals surface area (Å²) in [5.74, 6) is -1.23. The molecular formula is C18H18N2O4. The molecule has 1 aromatic heterocycles. The number of pyridine rings is 1. The Balaban J connectivity index is 1.89. The van der Waals surface area contributed by atoms with Gasteiger partial charge in [-0.1, -0.05) is 18.2 Å². The van der Waals surface area contributed by atoms with E-state index in [0.29, 0.717) is 12.1 Å². The minimum absolute atomic E-state index is 0.0570. The number of morpholine rings is 1. The molecule has 1 aromatic carbocycles. The fraction of sp³-hybridized carbons (Fsp3) is 0.278. The van der Waals surface area contributed by atoms with Crippen LogP contribution in [0.5, 0.6) is 0 Å². The van der Waals surface area contributed by atoms with Crippen molar-refractivity contribution in [1.29, 1.82) is 0 Å². The fourth-order valence-corrected chi connectivity index (χ4v) is 2.82. The van der Waals surface area contributed by atoms with E-state index in [0.717, 1.165) is 16.8 Å². The van der Waals surface area contributed by atoms with Crippen LogP contribution in [-0.2, 0) is 9.53 Å². The average molecular weight is 326 g/mol. The van der Waals surface area contributed by atoms with Crippen LogP contribution in [-0.4, -0.2) is 52.7 Å². The maximum absolute atomic E-state index is 12.8. The topological polar surface area (TPSA) is 79.7 Å². The first-order chi connectivity index (χ1) is 11.6. The summed E-state index contributed by atoms with van der Waals surface area (Å²) in [7, 11) is 0. The van der Waals surface area contributed by atoms with Crippen molar-refractivity contribution in [2.45, 2.75) is 13.0 Å². The molecule has 2 aromatic rings. The number of aromatic nitrogens is 1. The van der Waals surface area contributed by atoms with Crippen molar-refractivity contribution < 1.29 is 19.4 Å². The Morgan fingerprint density at radius 2 is 2.08 bits per heavy atom. The summed E-state index contributed by atoms with van der Waals surface area (Å²) in [6.45, 7) is 2.55. The number of amides is 1. The maximum Gasteiger partial charge on any atom is 0.334 e. The highest BCUT2D eigenvalue weighted by Gasteiger charge is 2.30. The molecule has 0 radical (unpaired) electrons. The number of ether oxygens (including phenoxy) is 1. The first-order valence-corrected chi connectivity index (χ1v) is 7.72. The van der Waals surface area contributed by atoms with E-state index in [2.05, 4.69) is 4.98 Å². The van der Waals surface area contributed by atoms with Crippen LogP contribution < -0.4 is 0 Å². The number of hydrogen-bond acceptors (Lipinski definition) is 4. The Kier molecular flexibility index (Phi) is 4.57. The number of carbonyl (C=O) groups is 2. The Hall–Kier alpha value is -2.73. The zero-order chi connectivity index (χ0) is 17.1. The van der Waals surface area contributed by atoms with E-state index in [1.807, 2.05) is 37.3 Å². The van der Waals surface area contributed by atoms with Gasteiger partial charge in [-0.2, -0.15) is 0 Å². The molecule has 1 saturated heterocycles. The van der Waals surface area contributed by atoms with Gasteiger partial charge in [0, 0.05) is 23.9 Å². The van der Waals surface area contributed by atoms with Crippen LogP contribution in [0, 0.1) is 6.92 Å². The van der Waals surface area contributed by atoms with Gasteiger partial charge in [-0.15, -0.1) is 0 Å². The Morgan fingerprint density at radius 1 is 1.25 bits per heavy atom. The van der Waals surface area contributed by atoms with E-state index in [-0.39, 0.29) is 19.1 Å². The normalized spacial score (nSPS) is 17.5. The highest BCUT2D eigenvalue weighted by molar-refractivity contribution is 5.97. The van der Waals surface area contributed by atoms with Gasteiger partial charge in [0.15, 0.2) is 6.10 Å². The molecule has 6 nitrogen and oxygen atoms in total. The van der Waals surface area contributed by atoms with E-state index >= 15 is 0 Å². The second-order valence-corrected chi connectivity index (χ2v) is 5.64. The lowest BCUT2D eigenvalue weighted by atomic mass is 9.98. The van der Waals surface area contributed by atoms with Crippen molar-refractivity contribution in [3.8, 4) is 11.3 Å². The first kappa shape index (κ1) is 16.1. The van der Waals surface area contributed by atoms with Crippen molar-refractivity contribution in [1.82, 2.24) is 9.88 Å². The number of carboxylic acids is 1. The van der Waals surface area contributed by atoms with Crippen molar-refractivity contribution >= 4 is 11.9 Å². The average Bonchev–Trinajstić information content (AvgIpc) is 2.62. The van der Waals surface area contributed by atoms with Crippen molar-refractivity contribution in [3.63, 3.8) is 0 Å². The third kappa shape index (κ3) is 3.14. The number of carboxylic acid groups (broad SMARTS) is 1. The lowest BCUT2D eigenvalue weighted by Gasteiger charge is -2.31. The molecule has 6 heteroatoms. The van der Waals surface area contributed by atoms with Gasteiger partial charge in [-0.25, -0.2) is 4.79 Å². The first-order valence-electron chi connectivity index (χ1n) is 7.72. The Bertz CT molecular complexity index is 761. The van der Waals surface area contributed by atoms with Gasteiger partial charge in [-0.05, 0) is 30.7 Å². The van der Waals surface area contributed by atoms with E-state index in [9.17, 15) is 9.59 Å². The highest BCUT2D eigenvalue weighted by atomic mass is 16.5. The molecule has 0 bridgehead atoms. The van der Waals surface area contributed by atoms with Crippen LogP contribution >= 0.6 is 0 Å². The van der Waals surface area contributed by atoms with Gasteiger partial charge in [-0.3, -0.25) is 9.78 Å². The predicted octanol–water partition coefficient (Wildman–Crippen LogP) is 1.98. The van der Waals surface area contributed by atoms with E-state index in [1.54, 1.807) is 12.3 Å². The molecular weight excluding hydrogens is 308 g/mol. The number of carbonyl (C=O) groups excluding carboxylic acids is 1. The van der Waals surface area contributed by atoms with Crippen LogP contribution in [0.25, 0.3) is 11.3 Å². The third-order valence-corrected chi connectivity index (χ3v) is 4.13. The van der Waals surface area contributed by atoms with Crippen LogP contribution in [0.1, 0.15) is 15.9 Å². The van der Waals surface area contributed by atoms with Gasteiger partial charge < -0.3 is 14.7 Å². The summed E-state index contributed by atoms with van der Waals surface area (Å²) in [5, 5.41) is 9.08. The summed E-state index contributed by atoms with van der Waals surface area (Å²) >= 11 is 0. The van der Waals surface area contributed by atoms with Gasteiger partial charge in [0.1, 0.15) is 0 Å². The minimum Gasteiger partial charge on any atom is -0.479 e. The van der Waals surface area contributed by atoms with Crippen molar-refractivity contribution in [2.75, 3.05) is 19.7 Å². The number of rotatable bonds is 3. The van der Waals surface area contributed by atoms with Gasteiger partial charge >= 0.3 is 5.97 Å². The zero-order valence-electron chi connectivity index (χ0n) is 13.3. The Labute approximate surface area is 139 Å². The molecule has 1 fully saturated rings. The predicted molar refractivity (Wildman–Crippen MR) is 87.7 cm³/mol. The summed E-state index contributed by atoms with van der Waals surface area (Å²) in [6.07, 6.45) is 0.741. The Morgan fingerprint density at radius 3 is 2.79 bits per heavy atom. The molecule has 1 atom stereocenters. The maximum atomic E-state index is 12.8. The lowest BCUT2D eigenvalue weighted by Crippen LogP contribution is -2.48. The number of hydrogen-bond donors (Lipinski definition) is 1. The summed E-state index contributed by atoms with van der Waals surface area (Å²) in [5.41, 5.74) is 3.09. The van der Waals surface area contributed by atoms with E-state index < -0.39 is 12.1 Å². The van der Waals surface area contributed by atoms with Crippen LogP contribution in [0.2, 0.25) is 0 Å². The quantitative estimate of drug-likeness (QED) is 0.933. The van der Waals surface area contributed by atoms with Crippen LogP contribution in [0.3, 0.4) is 0 Å². The van der Waals surface area contributed by atoms with Crippen molar-refractivity contribution in [3.05, 3.63) is 53.7 Å². The van der Waals surface area contributed by atoms with Gasteiger partial charge in [0.05, 0.1) is 18.8 Å². The number of benzene rings is 1. The fourth-order valence-electron chi connectivity index (χ4n) is 2.82. The number of aliphatic carboxylic acids is 1. The molecule has 24 heavy (non-hydrogen) atoms. The number of nitrogens with zero attached hydrogens (tertiary/aromatic N) is 2. The standard InChI is InChI=1S/C18H18N2O4/c1-12-13(15-7-2-3-8-19-15)5-4-6-14(12)17(21)20-9-10-24-16(11-20)18(22)23/h2-8,16H,9-11H2,1H3,(H,22,23). The highest BCUT2D eigenvalue weighted by Crippen LogP contribution is 2.25. The molecule has 124 valence electrons. The molecule has 1 aliphatic rings. The second-order valence-electron chi connectivity index (χ2n) is 5.64. The largest absolute Gasteiger partial charge is 0.479 e. The smallest absolute Gasteiger partial charge is 0.334 e. The molecule has 1 unspecified atom stereocenters. The molecule has 1 aliphatic heterocycles. The van der Waals surface area contributed by atoms with Gasteiger partial charge in [0.25, 0.3) is 5.91 Å². The van der Waals surface area contributed by atoms with E-state index in [4.69, 9.17) is 9.84 Å². The minimum atomic E-state index is -1.05. The molecule has 1 N–H and O–H groups in total. The molecule has 3 rings (SSSR count). The second kappa shape index (κ2) is 6.80. The SMILES string of the molecule is Cc1c(C(=O)N2CCOC(C(=O)O)C2)cccc1-c1ccccn1. The molecule has 0 saturated carbocycles. The monoisotopic (exact) mass is 326 g/mol. The third-order valence-electron chi connectivity index (χ3n) is 4.13. The molecule has 0 spiro atoms. The molecule has 2 heterocycles.